The van der Waals surface area contributed by atoms with Crippen molar-refractivity contribution in [2.24, 2.45) is 0 Å². The van der Waals surface area contributed by atoms with Gasteiger partial charge in [-0.25, -0.2) is 0 Å². The second kappa shape index (κ2) is 13.0. The molecule has 0 aliphatic rings. The third kappa shape index (κ3) is 4.86. The first-order valence-electron chi connectivity index (χ1n) is 20.6. The summed E-state index contributed by atoms with van der Waals surface area (Å²) in [6.07, 6.45) is 0. The molecule has 11 aromatic carbocycles. The van der Waals surface area contributed by atoms with Crippen molar-refractivity contribution in [2.75, 3.05) is 0 Å². The molecule has 0 saturated carbocycles. The van der Waals surface area contributed by atoms with Gasteiger partial charge in [-0.3, -0.25) is 0 Å². The van der Waals surface area contributed by atoms with Gasteiger partial charge in [-0.15, -0.1) is 11.3 Å². The number of thiophene rings is 1. The molecule has 0 amide bonds. The Morgan fingerprint density at radius 1 is 0.300 bits per heavy atom. The van der Waals surface area contributed by atoms with Crippen LogP contribution in [-0.2, 0) is 0 Å². The van der Waals surface area contributed by atoms with E-state index in [-0.39, 0.29) is 0 Å². The molecular weight excluding hydrogens is 745 g/mol. The maximum Gasteiger partial charge on any atom is 0.153 e. The Hall–Kier alpha value is -7.52. The summed E-state index contributed by atoms with van der Waals surface area (Å²) in [5.74, 6) is 0. The van der Waals surface area contributed by atoms with Crippen molar-refractivity contribution in [2.45, 2.75) is 0 Å². The van der Waals surface area contributed by atoms with Crippen LogP contribution in [-0.4, -0.2) is 0 Å². The third-order valence-corrected chi connectivity index (χ3v) is 13.8. The zero-order chi connectivity index (χ0) is 39.3. The van der Waals surface area contributed by atoms with Gasteiger partial charge < -0.3 is 4.42 Å². The van der Waals surface area contributed by atoms with Crippen LogP contribution < -0.4 is 0 Å². The van der Waals surface area contributed by atoms with Crippen molar-refractivity contribution in [3.05, 3.63) is 206 Å². The van der Waals surface area contributed by atoms with Gasteiger partial charge in [0.2, 0.25) is 0 Å². The standard InChI is InChI=1S/C58H34OS/c1-2-15-35(16-3-1)36-17-14-18-37(33-36)54-44-24-8-10-26-46(44)55(47-27-11-9-25-45(47)54)48-30-29-41(38-19-4-5-20-39(38)48)51-34-52-56(43-23-7-6-21-40(43)51)50-32-31-49-42-22-12-13-28-53(42)60-58(49)57(50)59-52/h1-34H. The van der Waals surface area contributed by atoms with E-state index in [1.165, 1.54) is 119 Å². The second-order valence-electron chi connectivity index (χ2n) is 15.9. The van der Waals surface area contributed by atoms with Gasteiger partial charge in [0.05, 0.1) is 4.70 Å². The minimum Gasteiger partial charge on any atom is -0.455 e. The fraction of sp³-hybridized carbons (Fsp3) is 0. The molecule has 13 aromatic rings. The number of rotatable bonds is 4. The van der Waals surface area contributed by atoms with Gasteiger partial charge in [-0.2, -0.15) is 0 Å². The van der Waals surface area contributed by atoms with Gasteiger partial charge in [0.15, 0.2) is 5.58 Å². The highest BCUT2D eigenvalue weighted by Crippen LogP contribution is 2.49. The van der Waals surface area contributed by atoms with Crippen molar-refractivity contribution in [3.8, 4) is 44.5 Å². The molecule has 60 heavy (non-hydrogen) atoms. The Kier molecular flexibility index (Phi) is 7.24. The molecule has 0 atom stereocenters. The summed E-state index contributed by atoms with van der Waals surface area (Å²) >= 11 is 1.82. The van der Waals surface area contributed by atoms with Gasteiger partial charge in [-0.1, -0.05) is 182 Å². The molecule has 0 saturated heterocycles. The zero-order valence-corrected chi connectivity index (χ0v) is 33.3. The smallest absolute Gasteiger partial charge is 0.153 e. The quantitative estimate of drug-likeness (QED) is 0.162. The summed E-state index contributed by atoms with van der Waals surface area (Å²) in [7, 11) is 0. The summed E-state index contributed by atoms with van der Waals surface area (Å²) in [6.45, 7) is 0. The van der Waals surface area contributed by atoms with Gasteiger partial charge >= 0.3 is 0 Å². The normalized spacial score (nSPS) is 12.0. The third-order valence-electron chi connectivity index (χ3n) is 12.7. The highest BCUT2D eigenvalue weighted by atomic mass is 32.1. The predicted molar refractivity (Wildman–Crippen MR) is 258 cm³/mol. The molecule has 278 valence electrons. The van der Waals surface area contributed by atoms with Crippen LogP contribution in [0.4, 0.5) is 0 Å². The van der Waals surface area contributed by atoms with Gasteiger partial charge in [0.1, 0.15) is 5.58 Å². The molecule has 0 N–H and O–H groups in total. The second-order valence-corrected chi connectivity index (χ2v) is 16.9. The van der Waals surface area contributed by atoms with E-state index >= 15 is 0 Å². The van der Waals surface area contributed by atoms with Crippen LogP contribution in [0.3, 0.4) is 0 Å². The van der Waals surface area contributed by atoms with E-state index < -0.39 is 0 Å². The Bertz CT molecular complexity index is 3830. The molecule has 13 rings (SSSR count). The summed E-state index contributed by atoms with van der Waals surface area (Å²) in [5, 5.41) is 14.7. The Labute approximate surface area is 350 Å². The van der Waals surface area contributed by atoms with E-state index in [9.17, 15) is 0 Å². The lowest BCUT2D eigenvalue weighted by Gasteiger charge is -2.20. The molecule has 0 spiro atoms. The van der Waals surface area contributed by atoms with E-state index in [0.717, 1.165) is 11.2 Å². The van der Waals surface area contributed by atoms with Crippen molar-refractivity contribution < 1.29 is 4.42 Å². The SMILES string of the molecule is c1ccc(-c2cccc(-c3c4ccccc4c(-c4ccc(-c5cc6oc7c(ccc8c9ccccc9sc87)c6c6ccccc56)c5ccccc45)c4ccccc34)c2)cc1. The molecule has 1 nitrogen and oxygen atoms in total. The number of hydrogen-bond donors (Lipinski definition) is 0. The molecule has 0 radical (unpaired) electrons. The maximum atomic E-state index is 6.96. The van der Waals surface area contributed by atoms with E-state index in [1.54, 1.807) is 0 Å². The Morgan fingerprint density at radius 2 is 0.817 bits per heavy atom. The number of furan rings is 1. The van der Waals surface area contributed by atoms with E-state index in [0.29, 0.717) is 0 Å². The molecule has 0 bridgehead atoms. The molecule has 0 aliphatic heterocycles. The minimum absolute atomic E-state index is 0.917. The number of hydrogen-bond acceptors (Lipinski definition) is 2. The first-order valence-corrected chi connectivity index (χ1v) is 21.4. The lowest BCUT2D eigenvalue weighted by molar-refractivity contribution is 0.673. The van der Waals surface area contributed by atoms with E-state index in [1.807, 2.05) is 11.3 Å². The van der Waals surface area contributed by atoms with Gasteiger partial charge in [0.25, 0.3) is 0 Å². The predicted octanol–water partition coefficient (Wildman–Crippen LogP) is 17.2. The zero-order valence-electron chi connectivity index (χ0n) is 32.4. The molecular formula is C58H34OS. The summed E-state index contributed by atoms with van der Waals surface area (Å²) < 4.78 is 9.45. The largest absolute Gasteiger partial charge is 0.455 e. The summed E-state index contributed by atoms with van der Waals surface area (Å²) in [6, 6.07) is 75.6. The van der Waals surface area contributed by atoms with Crippen LogP contribution >= 0.6 is 11.3 Å². The van der Waals surface area contributed by atoms with Crippen LogP contribution in [0.1, 0.15) is 0 Å². The number of fused-ring (bicyclic) bond motifs is 12. The molecule has 0 fully saturated rings. The molecule has 2 aromatic heterocycles. The average Bonchev–Trinajstić information content (AvgIpc) is 3.89. The number of benzene rings is 11. The van der Waals surface area contributed by atoms with Crippen molar-refractivity contribution in [1.82, 2.24) is 0 Å². The molecule has 0 unspecified atom stereocenters. The first-order chi connectivity index (χ1) is 29.8. The van der Waals surface area contributed by atoms with Crippen molar-refractivity contribution in [1.29, 1.82) is 0 Å². The Balaban J connectivity index is 1.05. The fourth-order valence-corrected chi connectivity index (χ4v) is 11.3. The van der Waals surface area contributed by atoms with Crippen LogP contribution in [0.2, 0.25) is 0 Å². The monoisotopic (exact) mass is 778 g/mol. The minimum atomic E-state index is 0.917. The highest BCUT2D eigenvalue weighted by Gasteiger charge is 2.22. The summed E-state index contributed by atoms with van der Waals surface area (Å²) in [4.78, 5) is 0. The first kappa shape index (κ1) is 33.5. The lowest BCUT2D eigenvalue weighted by atomic mass is 9.83. The van der Waals surface area contributed by atoms with E-state index in [4.69, 9.17) is 4.42 Å². The topological polar surface area (TPSA) is 13.1 Å². The fourth-order valence-electron chi connectivity index (χ4n) is 10.1. The molecule has 2 heteroatoms. The lowest BCUT2D eigenvalue weighted by Crippen LogP contribution is -1.93. The summed E-state index contributed by atoms with van der Waals surface area (Å²) in [5.41, 5.74) is 11.7. The van der Waals surface area contributed by atoms with Crippen LogP contribution in [0.25, 0.3) is 130 Å². The van der Waals surface area contributed by atoms with E-state index in [2.05, 4.69) is 206 Å². The highest BCUT2D eigenvalue weighted by molar-refractivity contribution is 7.26. The molecule has 2 heterocycles. The molecule has 0 aliphatic carbocycles. The average molecular weight is 779 g/mol. The maximum absolute atomic E-state index is 6.96. The van der Waals surface area contributed by atoms with Gasteiger partial charge in [0, 0.05) is 26.2 Å². The van der Waals surface area contributed by atoms with Gasteiger partial charge in [-0.05, 0) is 112 Å². The van der Waals surface area contributed by atoms with Crippen LogP contribution in [0, 0.1) is 0 Å². The van der Waals surface area contributed by atoms with Crippen molar-refractivity contribution >= 4 is 96.5 Å². The van der Waals surface area contributed by atoms with Crippen LogP contribution in [0.5, 0.6) is 0 Å². The Morgan fingerprint density at radius 3 is 1.53 bits per heavy atom. The van der Waals surface area contributed by atoms with Crippen molar-refractivity contribution in [3.63, 3.8) is 0 Å². The van der Waals surface area contributed by atoms with Crippen LogP contribution in [0.15, 0.2) is 211 Å².